The second-order valence-electron chi connectivity index (χ2n) is 8.92. The van der Waals surface area contributed by atoms with Crippen LogP contribution in [0.25, 0.3) is 10.9 Å². The molecule has 0 spiro atoms. The van der Waals surface area contributed by atoms with E-state index in [0.29, 0.717) is 29.2 Å². The fourth-order valence-corrected chi connectivity index (χ4v) is 6.36. The Kier molecular flexibility index (Phi) is 7.74. The molecule has 4 rings (SSSR count). The van der Waals surface area contributed by atoms with Gasteiger partial charge in [-0.25, -0.2) is 13.2 Å². The Morgan fingerprint density at radius 1 is 1.11 bits per heavy atom. The molecule has 1 aliphatic heterocycles. The van der Waals surface area contributed by atoms with Gasteiger partial charge in [-0.05, 0) is 74.7 Å². The molecular weight excluding hydrogens is 484 g/mol. The molecule has 2 aromatic carbocycles. The van der Waals surface area contributed by atoms with E-state index >= 15 is 0 Å². The van der Waals surface area contributed by atoms with Crippen LogP contribution in [-0.4, -0.2) is 61.2 Å². The van der Waals surface area contributed by atoms with Crippen molar-refractivity contribution in [3.05, 3.63) is 60.3 Å². The van der Waals surface area contributed by atoms with Crippen molar-refractivity contribution in [3.63, 3.8) is 0 Å². The number of rotatable bonds is 11. The number of sulfone groups is 1. The molecule has 6 N–H and O–H groups in total. The lowest BCUT2D eigenvalue weighted by atomic mass is 9.95. The Labute approximate surface area is 209 Å². The quantitative estimate of drug-likeness (QED) is 0.111. The highest BCUT2D eigenvalue weighted by Crippen LogP contribution is 2.32. The molecule has 1 saturated heterocycles. The van der Waals surface area contributed by atoms with Gasteiger partial charge in [-0.2, -0.15) is 0 Å². The van der Waals surface area contributed by atoms with Crippen molar-refractivity contribution in [3.8, 4) is 5.75 Å². The molecule has 1 fully saturated rings. The first-order valence-electron chi connectivity index (χ1n) is 11.8. The largest absolute Gasteiger partial charge is 0.494 e. The van der Waals surface area contributed by atoms with Gasteiger partial charge in [0.2, 0.25) is 15.6 Å². The molecule has 0 saturated carbocycles. The lowest BCUT2D eigenvalue weighted by molar-refractivity contribution is -0.138. The molecular formula is C25H30N4O6S. The van der Waals surface area contributed by atoms with E-state index in [2.05, 4.69) is 15.7 Å². The summed E-state index contributed by atoms with van der Waals surface area (Å²) < 4.78 is 30.0. The average molecular weight is 515 g/mol. The summed E-state index contributed by atoms with van der Waals surface area (Å²) in [7, 11) is -4.68. The zero-order valence-corrected chi connectivity index (χ0v) is 20.5. The number of ketones is 1. The summed E-state index contributed by atoms with van der Waals surface area (Å²) in [6.07, 6.45) is 3.20. The minimum Gasteiger partial charge on any atom is -0.494 e. The highest BCUT2D eigenvalue weighted by atomic mass is 32.2. The molecule has 0 amide bonds. The number of Topliss-reactive ketones (excluding diaryl/α,β-unsaturated/α-hetero) is 1. The van der Waals surface area contributed by atoms with Gasteiger partial charge in [-0.15, -0.1) is 0 Å². The van der Waals surface area contributed by atoms with Crippen LogP contribution >= 0.6 is 0 Å². The van der Waals surface area contributed by atoms with Crippen molar-refractivity contribution in [1.29, 1.82) is 0 Å². The number of hydrogen-bond donors (Lipinski definition) is 5. The first-order valence-corrected chi connectivity index (χ1v) is 13.3. The van der Waals surface area contributed by atoms with Gasteiger partial charge in [0, 0.05) is 17.4 Å². The maximum atomic E-state index is 13.6. The number of benzene rings is 2. The fraction of sp³-hybridized carbons (Fsp3) is 0.360. The van der Waals surface area contributed by atoms with E-state index in [1.54, 1.807) is 24.3 Å². The summed E-state index contributed by atoms with van der Waals surface area (Å²) >= 11 is 0. The van der Waals surface area contributed by atoms with Crippen LogP contribution in [0.15, 0.2) is 59.5 Å². The SMILES string of the molecule is NNC[C@@](C(=O)O)(C(=O)c1cc2cc(OCCC3CCNCC3)ccc2[nH]1)S(=O)(=O)c1ccccc1. The van der Waals surface area contributed by atoms with Crippen LogP contribution in [0.2, 0.25) is 0 Å². The number of ether oxygens (including phenoxy) is 1. The second kappa shape index (κ2) is 10.8. The van der Waals surface area contributed by atoms with E-state index in [1.807, 2.05) is 0 Å². The van der Waals surface area contributed by atoms with E-state index in [-0.39, 0.29) is 10.6 Å². The van der Waals surface area contributed by atoms with Crippen LogP contribution in [0, 0.1) is 5.92 Å². The lowest BCUT2D eigenvalue weighted by Crippen LogP contribution is -2.60. The number of hydrazine groups is 1. The fourth-order valence-electron chi connectivity index (χ4n) is 4.58. The third kappa shape index (κ3) is 4.87. The number of carbonyl (C=O) groups is 2. The summed E-state index contributed by atoms with van der Waals surface area (Å²) in [6.45, 7) is 1.79. The van der Waals surface area contributed by atoms with E-state index < -0.39 is 32.9 Å². The van der Waals surface area contributed by atoms with Crippen molar-refractivity contribution < 1.29 is 27.9 Å². The van der Waals surface area contributed by atoms with E-state index in [4.69, 9.17) is 10.6 Å². The van der Waals surface area contributed by atoms with Gasteiger partial charge in [-0.3, -0.25) is 16.1 Å². The number of aromatic nitrogens is 1. The van der Waals surface area contributed by atoms with Gasteiger partial charge < -0.3 is 20.1 Å². The van der Waals surface area contributed by atoms with Crippen LogP contribution in [0.5, 0.6) is 5.75 Å². The minimum absolute atomic E-state index is 0.158. The summed E-state index contributed by atoms with van der Waals surface area (Å²) in [6, 6.07) is 13.6. The van der Waals surface area contributed by atoms with Crippen molar-refractivity contribution in [2.24, 2.45) is 11.8 Å². The lowest BCUT2D eigenvalue weighted by Gasteiger charge is -2.27. The molecule has 1 aromatic heterocycles. The van der Waals surface area contributed by atoms with E-state index in [0.717, 1.165) is 32.4 Å². The number of aromatic amines is 1. The molecule has 1 aliphatic rings. The topological polar surface area (TPSA) is 164 Å². The number of aliphatic carboxylic acids is 1. The summed E-state index contributed by atoms with van der Waals surface area (Å²) in [5, 5.41) is 14.0. The number of piperidine rings is 1. The number of fused-ring (bicyclic) bond motifs is 1. The van der Waals surface area contributed by atoms with Crippen molar-refractivity contribution in [2.45, 2.75) is 28.9 Å². The maximum Gasteiger partial charge on any atom is 0.335 e. The van der Waals surface area contributed by atoms with Crippen molar-refractivity contribution in [1.82, 2.24) is 15.7 Å². The number of hydrogen-bond acceptors (Lipinski definition) is 8. The number of nitrogens with one attached hydrogen (secondary N) is 3. The molecule has 10 nitrogen and oxygen atoms in total. The molecule has 3 aromatic rings. The second-order valence-corrected chi connectivity index (χ2v) is 11.1. The third-order valence-electron chi connectivity index (χ3n) is 6.67. The number of carbonyl (C=O) groups excluding carboxylic acids is 1. The van der Waals surface area contributed by atoms with Crippen molar-refractivity contribution in [2.75, 3.05) is 26.2 Å². The molecule has 36 heavy (non-hydrogen) atoms. The van der Waals surface area contributed by atoms with Gasteiger partial charge >= 0.3 is 5.97 Å². The predicted molar refractivity (Wildman–Crippen MR) is 135 cm³/mol. The zero-order valence-electron chi connectivity index (χ0n) is 19.7. The smallest absolute Gasteiger partial charge is 0.335 e. The normalized spacial score (nSPS) is 16.5. The van der Waals surface area contributed by atoms with Crippen LogP contribution in [0.1, 0.15) is 29.8 Å². The van der Waals surface area contributed by atoms with Crippen LogP contribution < -0.4 is 21.3 Å². The Morgan fingerprint density at radius 3 is 2.50 bits per heavy atom. The van der Waals surface area contributed by atoms with Crippen LogP contribution in [-0.2, 0) is 14.6 Å². The molecule has 0 aliphatic carbocycles. The van der Waals surface area contributed by atoms with Crippen LogP contribution in [0.4, 0.5) is 0 Å². The number of nitrogens with two attached hydrogens (primary N) is 1. The van der Waals surface area contributed by atoms with Gasteiger partial charge in [-0.1, -0.05) is 18.2 Å². The Morgan fingerprint density at radius 2 is 1.83 bits per heavy atom. The monoisotopic (exact) mass is 514 g/mol. The first kappa shape index (κ1) is 25.8. The minimum atomic E-state index is -4.68. The predicted octanol–water partition coefficient (Wildman–Crippen LogP) is 1.88. The Bertz CT molecular complexity index is 1340. The summed E-state index contributed by atoms with van der Waals surface area (Å²) in [5.74, 6) is 3.66. The molecule has 0 bridgehead atoms. The zero-order chi connectivity index (χ0) is 25.8. The van der Waals surface area contributed by atoms with Gasteiger partial charge in [0.1, 0.15) is 5.75 Å². The Hall–Kier alpha value is -3.25. The molecule has 2 heterocycles. The summed E-state index contributed by atoms with van der Waals surface area (Å²) in [4.78, 5) is 28.6. The number of carboxylic acids is 1. The summed E-state index contributed by atoms with van der Waals surface area (Å²) in [5.41, 5.74) is 2.48. The molecule has 1 atom stereocenters. The van der Waals surface area contributed by atoms with E-state index in [1.165, 1.54) is 30.3 Å². The van der Waals surface area contributed by atoms with E-state index in [9.17, 15) is 23.1 Å². The van der Waals surface area contributed by atoms with Crippen LogP contribution in [0.3, 0.4) is 0 Å². The standard InChI is InChI=1S/C25H30N4O6S/c26-28-16-25(24(31)32,36(33,34)20-4-2-1-3-5-20)23(30)22-15-18-14-19(6-7-21(18)29-22)35-13-10-17-8-11-27-12-9-17/h1-7,14-15,17,27-29H,8-13,16,26H2,(H,31,32)/t25-/m0/s1. The Balaban J connectivity index is 1.62. The van der Waals surface area contributed by atoms with Gasteiger partial charge in [0.25, 0.3) is 4.75 Å². The molecule has 0 unspecified atom stereocenters. The molecule has 0 radical (unpaired) electrons. The van der Waals surface area contributed by atoms with Gasteiger partial charge in [0.05, 0.1) is 17.2 Å². The molecule has 11 heteroatoms. The average Bonchev–Trinajstić information content (AvgIpc) is 3.31. The third-order valence-corrected chi connectivity index (χ3v) is 8.98. The molecule has 192 valence electrons. The van der Waals surface area contributed by atoms with Gasteiger partial charge in [0.15, 0.2) is 0 Å². The number of carboxylic acid groups (broad SMARTS) is 1. The van der Waals surface area contributed by atoms with Crippen molar-refractivity contribution >= 4 is 32.5 Å². The number of H-pyrrole nitrogens is 1. The highest BCUT2D eigenvalue weighted by molar-refractivity contribution is 7.94. The first-order chi connectivity index (χ1) is 17.3. The maximum absolute atomic E-state index is 13.6. The highest BCUT2D eigenvalue weighted by Gasteiger charge is 2.58.